The number of nitrogens with one attached hydrogen (secondary N) is 1. The maximum absolute atomic E-state index is 12.9. The van der Waals surface area contributed by atoms with E-state index in [2.05, 4.69) is 11.1 Å². The fourth-order valence-electron chi connectivity index (χ4n) is 2.12. The van der Waals surface area contributed by atoms with Crippen LogP contribution in [-0.2, 0) is 6.42 Å². The van der Waals surface area contributed by atoms with E-state index in [1.807, 2.05) is 13.8 Å². The van der Waals surface area contributed by atoms with Crippen molar-refractivity contribution >= 4 is 12.2 Å². The lowest BCUT2D eigenvalue weighted by molar-refractivity contribution is 0.627. The minimum Gasteiger partial charge on any atom is -0.349 e. The van der Waals surface area contributed by atoms with Gasteiger partial charge in [-0.15, -0.1) is 0 Å². The molecule has 0 aliphatic heterocycles. The number of rotatable bonds is 2. The number of H-pyrrole nitrogens is 1. The Kier molecular flexibility index (Phi) is 3.77. The van der Waals surface area contributed by atoms with Crippen molar-refractivity contribution in [3.8, 4) is 6.07 Å². The number of nitrogens with zero attached hydrogens (tertiary/aromatic N) is 1. The van der Waals surface area contributed by atoms with E-state index in [-0.39, 0.29) is 5.82 Å². The van der Waals surface area contributed by atoms with Crippen molar-refractivity contribution in [2.24, 2.45) is 0 Å². The maximum atomic E-state index is 12.9. The number of halogens is 1. The summed E-state index contributed by atoms with van der Waals surface area (Å²) in [6, 6.07) is 8.52. The summed E-state index contributed by atoms with van der Waals surface area (Å²) in [5.41, 5.74) is 4.40. The molecule has 1 aromatic carbocycles. The van der Waals surface area contributed by atoms with E-state index in [0.29, 0.717) is 16.6 Å². The molecular weight excluding hydrogens is 259 g/mol. The van der Waals surface area contributed by atoms with Crippen molar-refractivity contribution < 1.29 is 4.39 Å². The monoisotopic (exact) mass is 272 g/mol. The second-order valence-corrected chi connectivity index (χ2v) is 4.88. The molecule has 0 saturated carbocycles. The van der Waals surface area contributed by atoms with E-state index in [4.69, 9.17) is 17.5 Å². The first-order chi connectivity index (χ1) is 9.02. The molecule has 2 aromatic rings. The lowest BCUT2D eigenvalue weighted by atomic mass is 9.97. The molecule has 4 heteroatoms. The van der Waals surface area contributed by atoms with E-state index >= 15 is 0 Å². The van der Waals surface area contributed by atoms with Gasteiger partial charge in [0.25, 0.3) is 0 Å². The topological polar surface area (TPSA) is 39.6 Å². The number of aromatic nitrogens is 1. The first-order valence-electron chi connectivity index (χ1n) is 5.90. The zero-order valence-corrected chi connectivity index (χ0v) is 11.6. The van der Waals surface area contributed by atoms with Gasteiger partial charge in [-0.1, -0.05) is 24.4 Å². The van der Waals surface area contributed by atoms with Gasteiger partial charge in [-0.05, 0) is 49.1 Å². The molecule has 0 aliphatic carbocycles. The molecule has 2 rings (SSSR count). The van der Waals surface area contributed by atoms with Crippen molar-refractivity contribution in [2.45, 2.75) is 20.3 Å². The third-order valence-corrected chi connectivity index (χ3v) is 3.52. The minimum atomic E-state index is -0.248. The highest BCUT2D eigenvalue weighted by molar-refractivity contribution is 7.71. The Hall–Kier alpha value is -1.99. The van der Waals surface area contributed by atoms with E-state index in [0.717, 1.165) is 22.4 Å². The number of pyridine rings is 1. The highest BCUT2D eigenvalue weighted by Gasteiger charge is 2.10. The molecule has 0 fully saturated rings. The molecule has 96 valence electrons. The number of hydrogen-bond donors (Lipinski definition) is 1. The van der Waals surface area contributed by atoms with Crippen LogP contribution in [0.2, 0.25) is 0 Å². The smallest absolute Gasteiger partial charge is 0.123 e. The van der Waals surface area contributed by atoms with Gasteiger partial charge in [-0.2, -0.15) is 5.26 Å². The predicted octanol–water partition coefficient (Wildman–Crippen LogP) is 3.96. The molecule has 0 bridgehead atoms. The lowest BCUT2D eigenvalue weighted by Crippen LogP contribution is -2.02. The van der Waals surface area contributed by atoms with Gasteiger partial charge in [0, 0.05) is 5.69 Å². The van der Waals surface area contributed by atoms with Crippen LogP contribution in [0.5, 0.6) is 0 Å². The van der Waals surface area contributed by atoms with Gasteiger partial charge < -0.3 is 4.98 Å². The number of nitriles is 1. The van der Waals surface area contributed by atoms with Crippen LogP contribution in [0.4, 0.5) is 4.39 Å². The molecule has 0 saturated heterocycles. The summed E-state index contributed by atoms with van der Waals surface area (Å²) in [6.07, 6.45) is 0.652. The first kappa shape index (κ1) is 13.4. The molecule has 19 heavy (non-hydrogen) atoms. The van der Waals surface area contributed by atoms with E-state index in [1.165, 1.54) is 12.1 Å². The second-order valence-electron chi connectivity index (χ2n) is 4.47. The third-order valence-electron chi connectivity index (χ3n) is 3.21. The summed E-state index contributed by atoms with van der Waals surface area (Å²) in [7, 11) is 0. The Bertz CT molecular complexity index is 709. The van der Waals surface area contributed by atoms with Gasteiger partial charge in [-0.25, -0.2) is 4.39 Å². The van der Waals surface area contributed by atoms with Crippen LogP contribution in [-0.4, -0.2) is 4.98 Å². The molecule has 1 aromatic heterocycles. The van der Waals surface area contributed by atoms with Gasteiger partial charge in [0.05, 0.1) is 5.56 Å². The van der Waals surface area contributed by atoms with Crippen molar-refractivity contribution in [2.75, 3.05) is 0 Å². The van der Waals surface area contributed by atoms with Crippen LogP contribution < -0.4 is 0 Å². The van der Waals surface area contributed by atoms with Crippen LogP contribution in [0.1, 0.15) is 27.9 Å². The Morgan fingerprint density at radius 3 is 2.47 bits per heavy atom. The normalized spacial score (nSPS) is 10.2. The highest BCUT2D eigenvalue weighted by atomic mass is 32.1. The Morgan fingerprint density at radius 2 is 1.89 bits per heavy atom. The first-order valence-corrected chi connectivity index (χ1v) is 6.30. The Balaban J connectivity index is 2.49. The second kappa shape index (κ2) is 5.33. The fraction of sp³-hybridized carbons (Fsp3) is 0.200. The quantitative estimate of drug-likeness (QED) is 0.840. The molecule has 0 aliphatic rings. The average molecular weight is 272 g/mol. The molecule has 0 spiro atoms. The minimum absolute atomic E-state index is 0.248. The number of hydrogen-bond acceptors (Lipinski definition) is 2. The van der Waals surface area contributed by atoms with Gasteiger partial charge >= 0.3 is 0 Å². The zero-order chi connectivity index (χ0) is 14.0. The molecular formula is C15H13FN2S. The maximum Gasteiger partial charge on any atom is 0.123 e. The van der Waals surface area contributed by atoms with E-state index in [9.17, 15) is 4.39 Å². The summed E-state index contributed by atoms with van der Waals surface area (Å²) >= 11 is 5.14. The third kappa shape index (κ3) is 2.72. The molecule has 0 atom stereocenters. The summed E-state index contributed by atoms with van der Waals surface area (Å²) in [4.78, 5) is 3.05. The van der Waals surface area contributed by atoms with Crippen molar-refractivity contribution in [3.63, 3.8) is 0 Å². The van der Waals surface area contributed by atoms with Crippen molar-refractivity contribution in [1.82, 2.24) is 4.98 Å². The van der Waals surface area contributed by atoms with Gasteiger partial charge in [-0.3, -0.25) is 0 Å². The Labute approximate surface area is 116 Å². The molecule has 0 amide bonds. The molecule has 1 N–H and O–H groups in total. The van der Waals surface area contributed by atoms with Gasteiger partial charge in [0.2, 0.25) is 0 Å². The number of benzene rings is 1. The van der Waals surface area contributed by atoms with E-state index in [1.54, 1.807) is 12.1 Å². The van der Waals surface area contributed by atoms with Crippen LogP contribution in [0, 0.1) is 35.6 Å². The van der Waals surface area contributed by atoms with E-state index < -0.39 is 0 Å². The van der Waals surface area contributed by atoms with Crippen LogP contribution >= 0.6 is 12.2 Å². The van der Waals surface area contributed by atoms with Gasteiger partial charge in [0.15, 0.2) is 0 Å². The molecule has 2 nitrogen and oxygen atoms in total. The Morgan fingerprint density at radius 1 is 1.26 bits per heavy atom. The van der Waals surface area contributed by atoms with Crippen LogP contribution in [0.3, 0.4) is 0 Å². The van der Waals surface area contributed by atoms with Crippen molar-refractivity contribution in [1.29, 1.82) is 5.26 Å². The predicted molar refractivity (Wildman–Crippen MR) is 75.0 cm³/mol. The standard InChI is InChI=1S/C15H13FN2S/c1-9-13(7-11-3-5-12(16)6-4-11)10(2)18-15(19)14(9)8-17/h3-6H,7H2,1-2H3,(H,18,19). The van der Waals surface area contributed by atoms with Crippen molar-refractivity contribution in [3.05, 3.63) is 62.7 Å². The fourth-order valence-corrected chi connectivity index (χ4v) is 2.47. The average Bonchev–Trinajstić information content (AvgIpc) is 2.37. The lowest BCUT2D eigenvalue weighted by Gasteiger charge is -2.11. The number of aryl methyl sites for hydroxylation is 1. The zero-order valence-electron chi connectivity index (χ0n) is 10.7. The summed E-state index contributed by atoms with van der Waals surface area (Å²) in [6.45, 7) is 3.83. The van der Waals surface area contributed by atoms with Gasteiger partial charge in [0.1, 0.15) is 16.5 Å². The summed E-state index contributed by atoms with van der Waals surface area (Å²) in [5, 5.41) is 9.13. The molecule has 0 radical (unpaired) electrons. The number of aromatic amines is 1. The summed E-state index contributed by atoms with van der Waals surface area (Å²) < 4.78 is 13.4. The largest absolute Gasteiger partial charge is 0.349 e. The molecule has 1 heterocycles. The SMILES string of the molecule is Cc1[nH]c(=S)c(C#N)c(C)c1Cc1ccc(F)cc1. The van der Waals surface area contributed by atoms with Crippen LogP contribution in [0.25, 0.3) is 0 Å². The molecule has 0 unspecified atom stereocenters. The summed E-state index contributed by atoms with van der Waals surface area (Å²) in [5.74, 6) is -0.248. The van der Waals surface area contributed by atoms with Crippen LogP contribution in [0.15, 0.2) is 24.3 Å². The highest BCUT2D eigenvalue weighted by Crippen LogP contribution is 2.20.